The lowest BCUT2D eigenvalue weighted by molar-refractivity contribution is 0.487. The Balaban J connectivity index is 2.05. The molecule has 1 unspecified atom stereocenters. The van der Waals surface area contributed by atoms with Gasteiger partial charge in [0.15, 0.2) is 0 Å². The van der Waals surface area contributed by atoms with E-state index in [4.69, 9.17) is 5.84 Å². The monoisotopic (exact) mass is 190 g/mol. The van der Waals surface area contributed by atoms with E-state index in [1.54, 1.807) is 0 Å². The van der Waals surface area contributed by atoms with E-state index in [-0.39, 0.29) is 0 Å². The van der Waals surface area contributed by atoms with Crippen LogP contribution in [0.25, 0.3) is 0 Å². The van der Waals surface area contributed by atoms with Crippen LogP contribution in [0.3, 0.4) is 0 Å². The molecule has 0 spiro atoms. The van der Waals surface area contributed by atoms with Gasteiger partial charge >= 0.3 is 0 Å². The average molecular weight is 190 g/mol. The summed E-state index contributed by atoms with van der Waals surface area (Å²) in [5, 5.41) is 0. The molecule has 1 aromatic rings. The molecule has 1 aliphatic rings. The van der Waals surface area contributed by atoms with Gasteiger partial charge in [0.2, 0.25) is 0 Å². The second-order valence-corrected chi connectivity index (χ2v) is 4.31. The minimum atomic E-state index is 0.336. The van der Waals surface area contributed by atoms with E-state index in [1.807, 2.05) is 0 Å². The van der Waals surface area contributed by atoms with Crippen LogP contribution in [0, 0.1) is 12.8 Å². The Labute approximate surface area is 85.5 Å². The summed E-state index contributed by atoms with van der Waals surface area (Å²) in [6, 6.07) is 8.96. The SMILES string of the molecule is Cc1ccc(C(CC2CC2)NN)cc1. The molecule has 1 atom stereocenters. The molecule has 1 saturated carbocycles. The molecule has 2 nitrogen and oxygen atoms in total. The predicted molar refractivity (Wildman–Crippen MR) is 58.6 cm³/mol. The van der Waals surface area contributed by atoms with Crippen LogP contribution in [0.5, 0.6) is 0 Å². The highest BCUT2D eigenvalue weighted by atomic mass is 15.2. The molecule has 0 heterocycles. The maximum Gasteiger partial charge on any atom is 0.0462 e. The van der Waals surface area contributed by atoms with Crippen molar-refractivity contribution in [2.45, 2.75) is 32.2 Å². The zero-order valence-electron chi connectivity index (χ0n) is 8.66. The largest absolute Gasteiger partial charge is 0.271 e. The molecule has 0 aliphatic heterocycles. The number of nitrogens with two attached hydrogens (primary N) is 1. The first-order valence-corrected chi connectivity index (χ1v) is 5.32. The maximum absolute atomic E-state index is 5.57. The fraction of sp³-hybridized carbons (Fsp3) is 0.500. The Morgan fingerprint density at radius 3 is 2.50 bits per heavy atom. The molecule has 14 heavy (non-hydrogen) atoms. The Hall–Kier alpha value is -0.860. The Morgan fingerprint density at radius 2 is 2.00 bits per heavy atom. The normalized spacial score (nSPS) is 18.1. The highest BCUT2D eigenvalue weighted by Crippen LogP contribution is 2.37. The van der Waals surface area contributed by atoms with Gasteiger partial charge in [-0.2, -0.15) is 0 Å². The topological polar surface area (TPSA) is 38.0 Å². The summed E-state index contributed by atoms with van der Waals surface area (Å²) in [6.45, 7) is 2.11. The fourth-order valence-corrected chi connectivity index (χ4v) is 1.79. The molecular weight excluding hydrogens is 172 g/mol. The van der Waals surface area contributed by atoms with Crippen molar-refractivity contribution in [3.63, 3.8) is 0 Å². The van der Waals surface area contributed by atoms with Crippen molar-refractivity contribution in [1.82, 2.24) is 5.43 Å². The molecule has 2 heteroatoms. The van der Waals surface area contributed by atoms with Crippen LogP contribution in [-0.2, 0) is 0 Å². The second kappa shape index (κ2) is 4.11. The minimum absolute atomic E-state index is 0.336. The van der Waals surface area contributed by atoms with E-state index in [2.05, 4.69) is 36.6 Å². The second-order valence-electron chi connectivity index (χ2n) is 4.31. The van der Waals surface area contributed by atoms with Gasteiger partial charge in [-0.15, -0.1) is 0 Å². The fourth-order valence-electron chi connectivity index (χ4n) is 1.79. The van der Waals surface area contributed by atoms with Crippen molar-refractivity contribution in [2.24, 2.45) is 11.8 Å². The first kappa shape index (κ1) is 9.69. The van der Waals surface area contributed by atoms with E-state index in [0.717, 1.165) is 5.92 Å². The molecule has 1 aromatic carbocycles. The smallest absolute Gasteiger partial charge is 0.0462 e. The van der Waals surface area contributed by atoms with Crippen LogP contribution in [0.15, 0.2) is 24.3 Å². The zero-order chi connectivity index (χ0) is 9.97. The summed E-state index contributed by atoms with van der Waals surface area (Å²) in [5.74, 6) is 6.47. The molecular formula is C12H18N2. The van der Waals surface area contributed by atoms with Crippen molar-refractivity contribution in [1.29, 1.82) is 0 Å². The van der Waals surface area contributed by atoms with E-state index >= 15 is 0 Å². The predicted octanol–water partition coefficient (Wildman–Crippen LogP) is 2.30. The van der Waals surface area contributed by atoms with Crippen LogP contribution in [0.2, 0.25) is 0 Å². The van der Waals surface area contributed by atoms with E-state index < -0.39 is 0 Å². The van der Waals surface area contributed by atoms with Crippen LogP contribution in [0.1, 0.15) is 36.4 Å². The number of rotatable bonds is 4. The number of nitrogens with one attached hydrogen (secondary N) is 1. The average Bonchev–Trinajstić information content (AvgIpc) is 3.00. The summed E-state index contributed by atoms with van der Waals surface area (Å²) < 4.78 is 0. The molecule has 3 N–H and O–H groups in total. The molecule has 0 amide bonds. The number of hydrogen-bond acceptors (Lipinski definition) is 2. The highest BCUT2D eigenvalue weighted by Gasteiger charge is 2.25. The van der Waals surface area contributed by atoms with Gasteiger partial charge in [-0.25, -0.2) is 0 Å². The highest BCUT2D eigenvalue weighted by molar-refractivity contribution is 5.24. The first-order chi connectivity index (χ1) is 6.79. The molecule has 2 rings (SSSR count). The molecule has 0 radical (unpaired) electrons. The molecule has 0 bridgehead atoms. The summed E-state index contributed by atoms with van der Waals surface area (Å²) in [6.07, 6.45) is 3.94. The Bertz CT molecular complexity index is 288. The van der Waals surface area contributed by atoms with Gasteiger partial charge in [0.25, 0.3) is 0 Å². The number of hydrogen-bond donors (Lipinski definition) is 2. The first-order valence-electron chi connectivity index (χ1n) is 5.32. The third-order valence-electron chi connectivity index (χ3n) is 2.95. The minimum Gasteiger partial charge on any atom is -0.271 e. The van der Waals surface area contributed by atoms with Crippen LogP contribution in [-0.4, -0.2) is 0 Å². The van der Waals surface area contributed by atoms with Crippen molar-refractivity contribution < 1.29 is 0 Å². The standard InChI is InChI=1S/C12H18N2/c1-9-2-6-11(7-3-9)12(14-13)8-10-4-5-10/h2-3,6-7,10,12,14H,4-5,8,13H2,1H3. The molecule has 76 valence electrons. The summed E-state index contributed by atoms with van der Waals surface area (Å²) >= 11 is 0. The van der Waals surface area contributed by atoms with E-state index in [0.29, 0.717) is 6.04 Å². The molecule has 0 aromatic heterocycles. The molecule has 0 saturated heterocycles. The quantitative estimate of drug-likeness (QED) is 0.564. The number of hydrazine groups is 1. The summed E-state index contributed by atoms with van der Waals surface area (Å²) in [4.78, 5) is 0. The summed E-state index contributed by atoms with van der Waals surface area (Å²) in [7, 11) is 0. The zero-order valence-corrected chi connectivity index (χ0v) is 8.66. The van der Waals surface area contributed by atoms with Crippen molar-refractivity contribution in [2.75, 3.05) is 0 Å². The van der Waals surface area contributed by atoms with Gasteiger partial charge in [0, 0.05) is 6.04 Å². The lowest BCUT2D eigenvalue weighted by Gasteiger charge is -2.15. The van der Waals surface area contributed by atoms with Crippen molar-refractivity contribution in [3.05, 3.63) is 35.4 Å². The molecule has 1 fully saturated rings. The third-order valence-corrected chi connectivity index (χ3v) is 2.95. The van der Waals surface area contributed by atoms with Crippen molar-refractivity contribution in [3.8, 4) is 0 Å². The number of aryl methyl sites for hydroxylation is 1. The van der Waals surface area contributed by atoms with Gasteiger partial charge in [0.1, 0.15) is 0 Å². The van der Waals surface area contributed by atoms with Crippen LogP contribution < -0.4 is 11.3 Å². The van der Waals surface area contributed by atoms with E-state index in [9.17, 15) is 0 Å². The summed E-state index contributed by atoms with van der Waals surface area (Å²) in [5.41, 5.74) is 5.52. The van der Waals surface area contributed by atoms with Gasteiger partial charge in [-0.05, 0) is 24.8 Å². The van der Waals surface area contributed by atoms with Crippen LogP contribution >= 0.6 is 0 Å². The van der Waals surface area contributed by atoms with Crippen molar-refractivity contribution >= 4 is 0 Å². The Kier molecular flexibility index (Phi) is 2.85. The van der Waals surface area contributed by atoms with E-state index in [1.165, 1.54) is 30.4 Å². The van der Waals surface area contributed by atoms with Gasteiger partial charge < -0.3 is 0 Å². The van der Waals surface area contributed by atoms with Gasteiger partial charge in [-0.3, -0.25) is 11.3 Å². The van der Waals surface area contributed by atoms with Gasteiger partial charge in [0.05, 0.1) is 0 Å². The van der Waals surface area contributed by atoms with Crippen LogP contribution in [0.4, 0.5) is 0 Å². The van der Waals surface area contributed by atoms with Gasteiger partial charge in [-0.1, -0.05) is 42.7 Å². The lowest BCUT2D eigenvalue weighted by Crippen LogP contribution is -2.28. The Morgan fingerprint density at radius 1 is 1.36 bits per heavy atom. The number of benzene rings is 1. The molecule has 1 aliphatic carbocycles. The third kappa shape index (κ3) is 2.34. The lowest BCUT2D eigenvalue weighted by atomic mass is 10.0. The maximum atomic E-state index is 5.57.